The highest BCUT2D eigenvalue weighted by atomic mass is 35.5. The number of carbonyl (C=O) groups is 1. The highest BCUT2D eigenvalue weighted by Crippen LogP contribution is 2.37. The maximum Gasteiger partial charge on any atom is 0.407 e. The third-order valence-corrected chi connectivity index (χ3v) is 8.48. The van der Waals surface area contributed by atoms with Gasteiger partial charge in [0.15, 0.2) is 0 Å². The first-order valence-corrected chi connectivity index (χ1v) is 15.0. The van der Waals surface area contributed by atoms with Crippen molar-refractivity contribution in [2.75, 3.05) is 30.8 Å². The quantitative estimate of drug-likeness (QED) is 0.155. The molecule has 5 aromatic rings. The first kappa shape index (κ1) is 30.9. The van der Waals surface area contributed by atoms with Gasteiger partial charge in [0.25, 0.3) is 0 Å². The van der Waals surface area contributed by atoms with Crippen molar-refractivity contribution >= 4 is 57.3 Å². The maximum atomic E-state index is 13.9. The predicted octanol–water partition coefficient (Wildman–Crippen LogP) is 7.41. The molecule has 3 N–H and O–H groups in total. The van der Waals surface area contributed by atoms with Gasteiger partial charge in [-0.25, -0.2) is 13.9 Å². The average Bonchev–Trinajstić information content (AvgIpc) is 3.56. The molecule has 2 aromatic heterocycles. The number of hydrogen-bond donors (Lipinski definition) is 3. The number of nitriles is 1. The van der Waals surface area contributed by atoms with E-state index >= 15 is 0 Å². The van der Waals surface area contributed by atoms with E-state index in [1.54, 1.807) is 17.9 Å². The standard InChI is InChI=1S/C32H27Cl2FN8O3/c1-46-23-4-2-3-18(11-23)30(28-17-43(41-40-28)22-7-9-42(10-8-22)32(44)45)39-21-12-24-29(38-20-5-6-27(35)25(33)13-20)19(15-36)16-37-31(24)26(34)14-21/h2-6,11-14,16-17,22,30,39H,7-10H2,1H3,(H,37,38)(H,44,45). The zero-order valence-corrected chi connectivity index (χ0v) is 25.9. The van der Waals surface area contributed by atoms with E-state index < -0.39 is 18.0 Å². The number of rotatable bonds is 8. The summed E-state index contributed by atoms with van der Waals surface area (Å²) in [5.41, 5.74) is 3.68. The van der Waals surface area contributed by atoms with Gasteiger partial charge in [0.2, 0.25) is 0 Å². The van der Waals surface area contributed by atoms with Crippen molar-refractivity contribution in [1.29, 1.82) is 5.26 Å². The van der Waals surface area contributed by atoms with Crippen molar-refractivity contribution in [3.8, 4) is 11.8 Å². The molecule has 3 heterocycles. The van der Waals surface area contributed by atoms with Crippen LogP contribution in [0.25, 0.3) is 10.9 Å². The molecule has 0 aliphatic carbocycles. The van der Waals surface area contributed by atoms with Crippen molar-refractivity contribution in [3.05, 3.63) is 99.7 Å². The van der Waals surface area contributed by atoms with Gasteiger partial charge in [-0.05, 0) is 60.9 Å². The Bertz CT molecular complexity index is 1970. The minimum Gasteiger partial charge on any atom is -0.497 e. The van der Waals surface area contributed by atoms with Crippen molar-refractivity contribution in [3.63, 3.8) is 0 Å². The third-order valence-electron chi connectivity index (χ3n) is 7.91. The molecule has 3 aromatic carbocycles. The number of piperidine rings is 1. The van der Waals surface area contributed by atoms with Crippen LogP contribution in [0.4, 0.5) is 26.2 Å². The number of methoxy groups -OCH3 is 1. The van der Waals surface area contributed by atoms with E-state index in [9.17, 15) is 19.6 Å². The van der Waals surface area contributed by atoms with Crippen LogP contribution in [0.5, 0.6) is 5.75 Å². The Balaban J connectivity index is 1.39. The number of nitrogens with zero attached hydrogens (tertiary/aromatic N) is 6. The molecule has 46 heavy (non-hydrogen) atoms. The van der Waals surface area contributed by atoms with E-state index in [2.05, 4.69) is 32.0 Å². The van der Waals surface area contributed by atoms with Gasteiger partial charge in [-0.3, -0.25) is 4.98 Å². The fraction of sp³-hybridized carbons (Fsp3) is 0.219. The maximum absolute atomic E-state index is 13.9. The van der Waals surface area contributed by atoms with Crippen LogP contribution >= 0.6 is 23.2 Å². The van der Waals surface area contributed by atoms with Gasteiger partial charge in [0, 0.05) is 36.0 Å². The Morgan fingerprint density at radius 1 is 1.13 bits per heavy atom. The molecule has 6 rings (SSSR count). The monoisotopic (exact) mass is 660 g/mol. The van der Waals surface area contributed by atoms with Gasteiger partial charge in [-0.2, -0.15) is 5.26 Å². The van der Waals surface area contributed by atoms with Gasteiger partial charge in [0.05, 0.1) is 52.2 Å². The molecule has 1 saturated heterocycles. The summed E-state index contributed by atoms with van der Waals surface area (Å²) in [6, 6.07) is 17.0. The minimum absolute atomic E-state index is 0.00185. The Morgan fingerprint density at radius 2 is 1.91 bits per heavy atom. The van der Waals surface area contributed by atoms with Crippen molar-refractivity contribution in [2.45, 2.75) is 24.9 Å². The molecule has 234 valence electrons. The Hall–Kier alpha value is -5.12. The molecule has 14 heteroatoms. The lowest BCUT2D eigenvalue weighted by Gasteiger charge is -2.29. The van der Waals surface area contributed by atoms with E-state index in [0.29, 0.717) is 70.4 Å². The normalized spacial score (nSPS) is 14.1. The van der Waals surface area contributed by atoms with E-state index in [4.69, 9.17) is 27.9 Å². The summed E-state index contributed by atoms with van der Waals surface area (Å²) in [4.78, 5) is 17.2. The first-order chi connectivity index (χ1) is 22.2. The third kappa shape index (κ3) is 6.33. The molecular weight excluding hydrogens is 634 g/mol. The molecule has 1 fully saturated rings. The van der Waals surface area contributed by atoms with E-state index in [1.807, 2.05) is 36.5 Å². The number of ether oxygens (including phenoxy) is 1. The van der Waals surface area contributed by atoms with Gasteiger partial charge < -0.3 is 25.4 Å². The molecule has 0 spiro atoms. The number of fused-ring (bicyclic) bond motifs is 1. The summed E-state index contributed by atoms with van der Waals surface area (Å²) in [6.07, 6.45) is 3.60. The smallest absolute Gasteiger partial charge is 0.407 e. The summed E-state index contributed by atoms with van der Waals surface area (Å²) >= 11 is 12.8. The SMILES string of the molecule is COc1cccc(C(Nc2cc(Cl)c3ncc(C#N)c(Nc4ccc(F)c(Cl)c4)c3c2)c2cn(C3CCN(C(=O)O)CC3)nn2)c1. The average molecular weight is 662 g/mol. The van der Waals surface area contributed by atoms with Crippen LogP contribution in [0.1, 0.15) is 41.7 Å². The Kier molecular flexibility index (Phi) is 8.78. The van der Waals surface area contributed by atoms with E-state index in [-0.39, 0.29) is 16.6 Å². The lowest BCUT2D eigenvalue weighted by atomic mass is 10.0. The van der Waals surface area contributed by atoms with Crippen molar-refractivity contribution in [2.24, 2.45) is 0 Å². The summed E-state index contributed by atoms with van der Waals surface area (Å²) < 4.78 is 21.1. The van der Waals surface area contributed by atoms with Gasteiger partial charge in [-0.15, -0.1) is 5.10 Å². The molecule has 1 aliphatic heterocycles. The Labute approximate surface area is 273 Å². The lowest BCUT2D eigenvalue weighted by Crippen LogP contribution is -2.38. The van der Waals surface area contributed by atoms with E-state index in [1.165, 1.54) is 29.3 Å². The number of anilines is 3. The fourth-order valence-corrected chi connectivity index (χ4v) is 5.97. The van der Waals surface area contributed by atoms with Gasteiger partial charge >= 0.3 is 6.09 Å². The van der Waals surface area contributed by atoms with Gasteiger partial charge in [0.1, 0.15) is 23.3 Å². The van der Waals surface area contributed by atoms with Crippen LogP contribution in [-0.2, 0) is 0 Å². The number of amides is 1. The van der Waals surface area contributed by atoms with Crippen LogP contribution < -0.4 is 15.4 Å². The summed E-state index contributed by atoms with van der Waals surface area (Å²) in [5.74, 6) is 0.0923. The Morgan fingerprint density at radius 3 is 2.63 bits per heavy atom. The number of aromatic nitrogens is 4. The summed E-state index contributed by atoms with van der Waals surface area (Å²) in [7, 11) is 1.59. The summed E-state index contributed by atoms with van der Waals surface area (Å²) in [5, 5.41) is 35.7. The molecule has 11 nitrogen and oxygen atoms in total. The number of nitrogens with one attached hydrogen (secondary N) is 2. The number of halogens is 3. The molecular formula is C32H27Cl2FN8O3. The second kappa shape index (κ2) is 13.1. The molecule has 1 amide bonds. The number of hydrogen-bond acceptors (Lipinski definition) is 8. The fourth-order valence-electron chi connectivity index (χ4n) is 5.52. The van der Waals surface area contributed by atoms with Crippen molar-refractivity contribution in [1.82, 2.24) is 24.9 Å². The molecule has 1 unspecified atom stereocenters. The molecule has 1 aliphatic rings. The van der Waals surface area contributed by atoms with E-state index in [0.717, 1.165) is 5.56 Å². The first-order valence-electron chi connectivity index (χ1n) is 14.3. The van der Waals surface area contributed by atoms with Crippen molar-refractivity contribution < 1.29 is 19.0 Å². The summed E-state index contributed by atoms with van der Waals surface area (Å²) in [6.45, 7) is 0.836. The second-order valence-corrected chi connectivity index (χ2v) is 11.6. The molecule has 0 saturated carbocycles. The lowest BCUT2D eigenvalue weighted by molar-refractivity contribution is 0.123. The number of carboxylic acid groups (broad SMARTS) is 1. The molecule has 0 bridgehead atoms. The predicted molar refractivity (Wildman–Crippen MR) is 173 cm³/mol. The minimum atomic E-state index is -0.925. The zero-order chi connectivity index (χ0) is 32.4. The van der Waals surface area contributed by atoms with Crippen LogP contribution in [0, 0.1) is 17.1 Å². The number of benzene rings is 3. The highest BCUT2D eigenvalue weighted by Gasteiger charge is 2.26. The van der Waals surface area contributed by atoms with Crippen LogP contribution in [0.3, 0.4) is 0 Å². The molecule has 0 radical (unpaired) electrons. The zero-order valence-electron chi connectivity index (χ0n) is 24.4. The second-order valence-electron chi connectivity index (χ2n) is 10.7. The topological polar surface area (TPSA) is 141 Å². The highest BCUT2D eigenvalue weighted by molar-refractivity contribution is 6.36. The number of pyridine rings is 1. The van der Waals surface area contributed by atoms with Crippen LogP contribution in [0.15, 0.2) is 67.0 Å². The number of likely N-dealkylation sites (tertiary alicyclic amines) is 1. The van der Waals surface area contributed by atoms with Gasteiger partial charge in [-0.1, -0.05) is 40.5 Å². The van der Waals surface area contributed by atoms with Crippen LogP contribution in [-0.4, -0.2) is 56.3 Å². The van der Waals surface area contributed by atoms with Crippen LogP contribution in [0.2, 0.25) is 10.0 Å². The molecule has 1 atom stereocenters. The largest absolute Gasteiger partial charge is 0.497 e.